The van der Waals surface area contributed by atoms with Gasteiger partial charge in [0.15, 0.2) is 0 Å². The zero-order valence-corrected chi connectivity index (χ0v) is 11.1. The molecule has 0 N–H and O–H groups in total. The summed E-state index contributed by atoms with van der Waals surface area (Å²) in [4.78, 5) is 22.5. The fourth-order valence-electron chi connectivity index (χ4n) is 1.31. The number of Topliss-reactive ketones (excluding diaryl/α,β-unsaturated/α-hetero) is 2. The molecule has 0 spiro atoms. The van der Waals surface area contributed by atoms with Crippen LogP contribution >= 0.6 is 0 Å². The molecular formula is C16H22O2. The number of allylic oxidation sites excluding steroid dienone is 7. The molecule has 0 aromatic carbocycles. The van der Waals surface area contributed by atoms with Gasteiger partial charge in [-0.3, -0.25) is 9.59 Å². The monoisotopic (exact) mass is 246 g/mol. The lowest BCUT2D eigenvalue weighted by atomic mass is 10.1. The average molecular weight is 246 g/mol. The van der Waals surface area contributed by atoms with E-state index in [1.165, 1.54) is 0 Å². The van der Waals surface area contributed by atoms with Crippen molar-refractivity contribution in [3.05, 3.63) is 49.1 Å². The Kier molecular flexibility index (Phi) is 10.7. The quantitative estimate of drug-likeness (QED) is 0.547. The van der Waals surface area contributed by atoms with Crippen molar-refractivity contribution < 1.29 is 9.59 Å². The van der Waals surface area contributed by atoms with E-state index in [0.717, 1.165) is 0 Å². The summed E-state index contributed by atoms with van der Waals surface area (Å²) in [6.07, 6.45) is 15.5. The summed E-state index contributed by atoms with van der Waals surface area (Å²) in [5, 5.41) is 0. The van der Waals surface area contributed by atoms with Gasteiger partial charge in [-0.2, -0.15) is 0 Å². The van der Waals surface area contributed by atoms with E-state index in [4.69, 9.17) is 0 Å². The summed E-state index contributed by atoms with van der Waals surface area (Å²) in [6, 6.07) is 0. The Morgan fingerprint density at radius 2 is 1.56 bits per heavy atom. The second-order valence-electron chi connectivity index (χ2n) is 3.92. The number of carbonyl (C=O) groups is 2. The summed E-state index contributed by atoms with van der Waals surface area (Å²) in [5.74, 6) is 0.417. The average Bonchev–Trinajstić information content (AvgIpc) is 2.37. The third kappa shape index (κ3) is 10.8. The van der Waals surface area contributed by atoms with Gasteiger partial charge in [-0.1, -0.05) is 56.0 Å². The van der Waals surface area contributed by atoms with Crippen LogP contribution in [-0.4, -0.2) is 11.6 Å². The molecule has 0 saturated heterocycles. The first-order valence-corrected chi connectivity index (χ1v) is 6.35. The Balaban J connectivity index is 3.67. The summed E-state index contributed by atoms with van der Waals surface area (Å²) in [6.45, 7) is 5.40. The van der Waals surface area contributed by atoms with Crippen LogP contribution in [0, 0.1) is 0 Å². The first-order chi connectivity index (χ1) is 8.70. The normalized spacial score (nSPS) is 11.6. The Bertz CT molecular complexity index is 346. The maximum atomic E-state index is 11.4. The van der Waals surface area contributed by atoms with E-state index in [1.54, 1.807) is 6.08 Å². The molecule has 2 heteroatoms. The molecule has 0 aromatic heterocycles. The van der Waals surface area contributed by atoms with E-state index >= 15 is 0 Å². The smallest absolute Gasteiger partial charge is 0.136 e. The summed E-state index contributed by atoms with van der Waals surface area (Å²) >= 11 is 0. The lowest BCUT2D eigenvalue weighted by molar-refractivity contribution is -0.119. The number of hydrogen-bond acceptors (Lipinski definition) is 2. The zero-order valence-electron chi connectivity index (χ0n) is 11.1. The van der Waals surface area contributed by atoms with Crippen LogP contribution in [-0.2, 0) is 9.59 Å². The minimum Gasteiger partial charge on any atom is -0.300 e. The van der Waals surface area contributed by atoms with Gasteiger partial charge in [0.2, 0.25) is 0 Å². The Hall–Kier alpha value is -1.70. The largest absolute Gasteiger partial charge is 0.300 e. The highest BCUT2D eigenvalue weighted by molar-refractivity contribution is 5.81. The second-order valence-corrected chi connectivity index (χ2v) is 3.92. The molecule has 0 aliphatic heterocycles. The van der Waals surface area contributed by atoms with Gasteiger partial charge in [-0.05, 0) is 6.42 Å². The molecule has 2 nitrogen and oxygen atoms in total. The predicted octanol–water partition coefficient (Wildman–Crippen LogP) is 3.95. The number of hydrogen-bond donors (Lipinski definition) is 0. The van der Waals surface area contributed by atoms with E-state index in [1.807, 2.05) is 43.4 Å². The summed E-state index contributed by atoms with van der Waals surface area (Å²) in [5.41, 5.74) is 0. The minimum absolute atomic E-state index is 0.185. The predicted molar refractivity (Wildman–Crippen MR) is 76.4 cm³/mol. The molecule has 0 fully saturated rings. The Morgan fingerprint density at radius 3 is 2.22 bits per heavy atom. The van der Waals surface area contributed by atoms with Gasteiger partial charge in [-0.15, -0.1) is 0 Å². The van der Waals surface area contributed by atoms with E-state index in [2.05, 4.69) is 6.58 Å². The van der Waals surface area contributed by atoms with E-state index < -0.39 is 0 Å². The van der Waals surface area contributed by atoms with Gasteiger partial charge < -0.3 is 0 Å². The molecule has 0 heterocycles. The van der Waals surface area contributed by atoms with Crippen molar-refractivity contribution in [2.24, 2.45) is 0 Å². The topological polar surface area (TPSA) is 34.1 Å². The van der Waals surface area contributed by atoms with Crippen molar-refractivity contribution in [3.8, 4) is 0 Å². The first kappa shape index (κ1) is 16.3. The Labute approximate surface area is 110 Å². The number of ketones is 2. The highest BCUT2D eigenvalue weighted by atomic mass is 16.1. The molecule has 0 radical (unpaired) electrons. The summed E-state index contributed by atoms with van der Waals surface area (Å²) in [7, 11) is 0. The molecular weight excluding hydrogens is 224 g/mol. The molecule has 0 amide bonds. The maximum absolute atomic E-state index is 11.4. The van der Waals surface area contributed by atoms with Crippen molar-refractivity contribution in [2.45, 2.75) is 39.0 Å². The lowest BCUT2D eigenvalue weighted by Crippen LogP contribution is -1.99. The molecule has 0 aromatic rings. The first-order valence-electron chi connectivity index (χ1n) is 6.35. The lowest BCUT2D eigenvalue weighted by Gasteiger charge is -1.96. The minimum atomic E-state index is 0.185. The number of carbonyl (C=O) groups excluding carboxylic acids is 2. The van der Waals surface area contributed by atoms with Crippen molar-refractivity contribution in [3.63, 3.8) is 0 Å². The molecule has 0 saturated carbocycles. The van der Waals surface area contributed by atoms with Gasteiger partial charge >= 0.3 is 0 Å². The van der Waals surface area contributed by atoms with Crippen LogP contribution < -0.4 is 0 Å². The molecule has 98 valence electrons. The van der Waals surface area contributed by atoms with Crippen LogP contribution in [0.2, 0.25) is 0 Å². The van der Waals surface area contributed by atoms with Crippen molar-refractivity contribution in [2.75, 3.05) is 0 Å². The van der Waals surface area contributed by atoms with Gasteiger partial charge in [0.05, 0.1) is 0 Å². The third-order valence-electron chi connectivity index (χ3n) is 2.37. The van der Waals surface area contributed by atoms with Crippen LogP contribution in [0.1, 0.15) is 39.0 Å². The van der Waals surface area contributed by atoms with Crippen LogP contribution in [0.25, 0.3) is 0 Å². The fourth-order valence-corrected chi connectivity index (χ4v) is 1.31. The van der Waals surface area contributed by atoms with E-state index in [0.29, 0.717) is 32.1 Å². The van der Waals surface area contributed by atoms with Crippen molar-refractivity contribution in [1.82, 2.24) is 0 Å². The van der Waals surface area contributed by atoms with Gasteiger partial charge in [-0.25, -0.2) is 0 Å². The molecule has 0 aliphatic carbocycles. The highest BCUT2D eigenvalue weighted by Crippen LogP contribution is 2.02. The van der Waals surface area contributed by atoms with Crippen LogP contribution in [0.3, 0.4) is 0 Å². The Morgan fingerprint density at radius 1 is 0.944 bits per heavy atom. The standard InChI is InChI=1S/C16H22O2/c1-3-5-6-7-8-9-10-12-16(18)14-11-13-15(17)4-2/h3,5-10H,1,4,11-14H2,2H3. The SMILES string of the molecule is C=CC=CC=CC=CCC(=O)CCCC(=O)CC. The molecule has 0 unspecified atom stereocenters. The fraction of sp³-hybridized carbons (Fsp3) is 0.375. The molecule has 0 bridgehead atoms. The van der Waals surface area contributed by atoms with Crippen LogP contribution in [0.4, 0.5) is 0 Å². The third-order valence-corrected chi connectivity index (χ3v) is 2.37. The van der Waals surface area contributed by atoms with Gasteiger partial charge in [0, 0.05) is 25.7 Å². The van der Waals surface area contributed by atoms with Crippen molar-refractivity contribution >= 4 is 11.6 Å². The van der Waals surface area contributed by atoms with Crippen molar-refractivity contribution in [1.29, 1.82) is 0 Å². The van der Waals surface area contributed by atoms with Gasteiger partial charge in [0.25, 0.3) is 0 Å². The summed E-state index contributed by atoms with van der Waals surface area (Å²) < 4.78 is 0. The molecule has 0 aliphatic rings. The highest BCUT2D eigenvalue weighted by Gasteiger charge is 2.02. The number of rotatable bonds is 10. The van der Waals surface area contributed by atoms with Crippen LogP contribution in [0.15, 0.2) is 49.1 Å². The molecule has 0 rings (SSSR count). The van der Waals surface area contributed by atoms with Gasteiger partial charge in [0.1, 0.15) is 11.6 Å². The van der Waals surface area contributed by atoms with E-state index in [-0.39, 0.29) is 11.6 Å². The maximum Gasteiger partial charge on any atom is 0.136 e. The van der Waals surface area contributed by atoms with Crippen LogP contribution in [0.5, 0.6) is 0 Å². The molecule has 0 atom stereocenters. The van der Waals surface area contributed by atoms with E-state index in [9.17, 15) is 9.59 Å². The second kappa shape index (κ2) is 11.8. The zero-order chi connectivity index (χ0) is 13.6. The molecule has 18 heavy (non-hydrogen) atoms.